The molecule has 0 saturated carbocycles. The lowest BCUT2D eigenvalue weighted by atomic mass is 9.95. The number of amides is 1. The number of benzene rings is 1. The van der Waals surface area contributed by atoms with Crippen LogP contribution >= 0.6 is 0 Å². The van der Waals surface area contributed by atoms with Gasteiger partial charge in [0.1, 0.15) is 12.4 Å². The minimum Gasteiger partial charge on any atom is -0.492 e. The third-order valence-electron chi connectivity index (χ3n) is 5.69. The SMILES string of the molecule is NCC(=O)N1CCCCN2CCCCC2CCc2cccc(c2)OCC1. The lowest BCUT2D eigenvalue weighted by Crippen LogP contribution is -2.41. The fourth-order valence-corrected chi connectivity index (χ4v) is 4.19. The van der Waals surface area contributed by atoms with Gasteiger partial charge in [-0.2, -0.15) is 0 Å². The molecule has 0 aromatic heterocycles. The van der Waals surface area contributed by atoms with Crippen LogP contribution in [0.1, 0.15) is 44.1 Å². The number of ether oxygens (including phenoxy) is 1. The molecule has 5 nitrogen and oxygen atoms in total. The smallest absolute Gasteiger partial charge is 0.236 e. The summed E-state index contributed by atoms with van der Waals surface area (Å²) in [5.41, 5.74) is 6.93. The van der Waals surface area contributed by atoms with Crippen molar-refractivity contribution in [3.63, 3.8) is 0 Å². The number of fused-ring (bicyclic) bond motifs is 3. The minimum absolute atomic E-state index is 0.0162. The standard InChI is InChI=1S/C21H33N3O2/c22-17-21(25)24-13-4-3-12-23-11-2-1-7-19(23)10-9-18-6-5-8-20(16-18)26-15-14-24/h5-6,8,16,19H,1-4,7,9-15,17,22H2. The van der Waals surface area contributed by atoms with E-state index in [4.69, 9.17) is 10.5 Å². The zero-order valence-electron chi connectivity index (χ0n) is 15.9. The molecule has 2 bridgehead atoms. The second-order valence-electron chi connectivity index (χ2n) is 7.51. The van der Waals surface area contributed by atoms with Gasteiger partial charge < -0.3 is 20.3 Å². The molecule has 5 heteroatoms. The van der Waals surface area contributed by atoms with E-state index in [1.165, 1.54) is 37.8 Å². The highest BCUT2D eigenvalue weighted by Crippen LogP contribution is 2.23. The Kier molecular flexibility index (Phi) is 7.32. The summed E-state index contributed by atoms with van der Waals surface area (Å²) in [5, 5.41) is 0. The second-order valence-corrected chi connectivity index (χ2v) is 7.51. The monoisotopic (exact) mass is 359 g/mol. The lowest BCUT2D eigenvalue weighted by Gasteiger charge is -2.36. The van der Waals surface area contributed by atoms with Crippen LogP contribution in [-0.4, -0.2) is 61.1 Å². The fraction of sp³-hybridized carbons (Fsp3) is 0.667. The molecule has 0 aliphatic carbocycles. The predicted molar refractivity (Wildman–Crippen MR) is 104 cm³/mol. The Morgan fingerprint density at radius 2 is 1.88 bits per heavy atom. The molecule has 0 spiro atoms. The zero-order valence-corrected chi connectivity index (χ0v) is 15.9. The topological polar surface area (TPSA) is 58.8 Å². The molecule has 3 rings (SSSR count). The summed E-state index contributed by atoms with van der Waals surface area (Å²) < 4.78 is 5.91. The number of rotatable bonds is 1. The van der Waals surface area contributed by atoms with Gasteiger partial charge in [0.2, 0.25) is 5.91 Å². The molecule has 2 aliphatic heterocycles. The van der Waals surface area contributed by atoms with Crippen LogP contribution in [0.25, 0.3) is 0 Å². The maximum atomic E-state index is 12.1. The second kappa shape index (κ2) is 9.93. The average molecular weight is 360 g/mol. The van der Waals surface area contributed by atoms with Crippen LogP contribution in [0, 0.1) is 0 Å². The first-order valence-corrected chi connectivity index (χ1v) is 10.2. The first-order valence-electron chi connectivity index (χ1n) is 10.2. The van der Waals surface area contributed by atoms with Gasteiger partial charge in [-0.25, -0.2) is 0 Å². The van der Waals surface area contributed by atoms with Gasteiger partial charge in [0.05, 0.1) is 13.1 Å². The van der Waals surface area contributed by atoms with Gasteiger partial charge in [-0.15, -0.1) is 0 Å². The van der Waals surface area contributed by atoms with E-state index in [9.17, 15) is 4.79 Å². The van der Waals surface area contributed by atoms with Crippen LogP contribution in [0.2, 0.25) is 0 Å². The summed E-state index contributed by atoms with van der Waals surface area (Å²) in [6.45, 7) is 4.34. The molecule has 2 heterocycles. The number of hydrogen-bond acceptors (Lipinski definition) is 4. The first-order chi connectivity index (χ1) is 12.8. The van der Waals surface area contributed by atoms with E-state index in [1.807, 2.05) is 11.0 Å². The van der Waals surface area contributed by atoms with Crippen molar-refractivity contribution in [1.29, 1.82) is 0 Å². The normalized spacial score (nSPS) is 23.3. The molecule has 1 aromatic rings. The highest BCUT2D eigenvalue weighted by atomic mass is 16.5. The molecule has 1 aromatic carbocycles. The third kappa shape index (κ3) is 5.45. The summed E-state index contributed by atoms with van der Waals surface area (Å²) >= 11 is 0. The summed E-state index contributed by atoms with van der Waals surface area (Å²) in [6, 6.07) is 9.12. The maximum absolute atomic E-state index is 12.1. The molecule has 1 unspecified atom stereocenters. The molecule has 144 valence electrons. The minimum atomic E-state index is 0.0162. The van der Waals surface area contributed by atoms with Crippen LogP contribution in [0.5, 0.6) is 5.75 Å². The number of piperidine rings is 1. The molecule has 1 atom stereocenters. The fourth-order valence-electron chi connectivity index (χ4n) is 4.19. The van der Waals surface area contributed by atoms with Crippen LogP contribution < -0.4 is 10.5 Å². The molecule has 0 radical (unpaired) electrons. The number of carbonyl (C=O) groups is 1. The highest BCUT2D eigenvalue weighted by Gasteiger charge is 2.22. The molecule has 1 fully saturated rings. The Morgan fingerprint density at radius 3 is 2.73 bits per heavy atom. The summed E-state index contributed by atoms with van der Waals surface area (Å²) in [6.07, 6.45) is 8.48. The van der Waals surface area contributed by atoms with Gasteiger partial charge in [0.25, 0.3) is 0 Å². The quantitative estimate of drug-likeness (QED) is 0.837. The summed E-state index contributed by atoms with van der Waals surface area (Å²) in [4.78, 5) is 16.6. The third-order valence-corrected chi connectivity index (χ3v) is 5.69. The number of nitrogens with zero attached hydrogens (tertiary/aromatic N) is 2. The Balaban J connectivity index is 1.70. The van der Waals surface area contributed by atoms with Gasteiger partial charge in [-0.1, -0.05) is 18.6 Å². The van der Waals surface area contributed by atoms with E-state index in [0.29, 0.717) is 19.2 Å². The average Bonchev–Trinajstić information content (AvgIpc) is 2.68. The molecule has 26 heavy (non-hydrogen) atoms. The Labute approximate surface area is 157 Å². The number of carbonyl (C=O) groups excluding carboxylic acids is 1. The highest BCUT2D eigenvalue weighted by molar-refractivity contribution is 5.77. The van der Waals surface area contributed by atoms with Crippen molar-refractivity contribution >= 4 is 5.91 Å². The Bertz CT molecular complexity index is 578. The molecule has 2 aliphatic rings. The molecule has 1 saturated heterocycles. The van der Waals surface area contributed by atoms with Crippen molar-refractivity contribution in [2.24, 2.45) is 5.73 Å². The van der Waals surface area contributed by atoms with Crippen molar-refractivity contribution in [2.45, 2.75) is 51.0 Å². The zero-order chi connectivity index (χ0) is 18.2. The Hall–Kier alpha value is -1.59. The predicted octanol–water partition coefficient (Wildman–Crippen LogP) is 2.43. The largest absolute Gasteiger partial charge is 0.492 e. The van der Waals surface area contributed by atoms with Crippen molar-refractivity contribution in [2.75, 3.05) is 39.3 Å². The van der Waals surface area contributed by atoms with Crippen LogP contribution in [0.4, 0.5) is 0 Å². The number of hydrogen-bond donors (Lipinski definition) is 1. The van der Waals surface area contributed by atoms with Gasteiger partial charge in [-0.3, -0.25) is 4.79 Å². The van der Waals surface area contributed by atoms with Crippen molar-refractivity contribution in [3.05, 3.63) is 29.8 Å². The molecular formula is C21H33N3O2. The Morgan fingerprint density at radius 1 is 1.08 bits per heavy atom. The van der Waals surface area contributed by atoms with E-state index in [1.54, 1.807) is 0 Å². The number of aryl methyl sites for hydroxylation is 1. The van der Waals surface area contributed by atoms with E-state index < -0.39 is 0 Å². The number of nitrogens with two attached hydrogens (primary N) is 1. The molecular weight excluding hydrogens is 326 g/mol. The lowest BCUT2D eigenvalue weighted by molar-refractivity contribution is -0.130. The summed E-state index contributed by atoms with van der Waals surface area (Å²) in [7, 11) is 0. The van der Waals surface area contributed by atoms with Crippen LogP contribution in [-0.2, 0) is 11.2 Å². The van der Waals surface area contributed by atoms with Gasteiger partial charge in [0, 0.05) is 12.6 Å². The van der Waals surface area contributed by atoms with Gasteiger partial charge in [-0.05, 0) is 69.3 Å². The maximum Gasteiger partial charge on any atom is 0.236 e. The van der Waals surface area contributed by atoms with Gasteiger partial charge in [0.15, 0.2) is 0 Å². The molecule has 2 N–H and O–H groups in total. The van der Waals surface area contributed by atoms with Crippen LogP contribution in [0.3, 0.4) is 0 Å². The van der Waals surface area contributed by atoms with E-state index in [0.717, 1.165) is 38.1 Å². The van der Waals surface area contributed by atoms with E-state index in [2.05, 4.69) is 23.1 Å². The van der Waals surface area contributed by atoms with E-state index in [-0.39, 0.29) is 12.5 Å². The van der Waals surface area contributed by atoms with Crippen LogP contribution in [0.15, 0.2) is 24.3 Å². The molecule has 1 amide bonds. The summed E-state index contributed by atoms with van der Waals surface area (Å²) in [5.74, 6) is 0.917. The van der Waals surface area contributed by atoms with Crippen molar-refractivity contribution < 1.29 is 9.53 Å². The van der Waals surface area contributed by atoms with Gasteiger partial charge >= 0.3 is 0 Å². The van der Waals surface area contributed by atoms with E-state index >= 15 is 0 Å². The van der Waals surface area contributed by atoms with Crippen molar-refractivity contribution in [3.8, 4) is 5.75 Å². The first kappa shape index (κ1) is 19.2. The van der Waals surface area contributed by atoms with Crippen molar-refractivity contribution in [1.82, 2.24) is 9.80 Å².